The number of methoxy groups -OCH3 is 1. The van der Waals surface area contributed by atoms with Gasteiger partial charge in [-0.1, -0.05) is 11.2 Å². The van der Waals surface area contributed by atoms with Gasteiger partial charge in [0.1, 0.15) is 5.56 Å². The average molecular weight is 347 g/mol. The summed E-state index contributed by atoms with van der Waals surface area (Å²) >= 11 is 0. The van der Waals surface area contributed by atoms with Crippen LogP contribution in [0.1, 0.15) is 32.0 Å². The predicted molar refractivity (Wildman–Crippen MR) is 87.1 cm³/mol. The van der Waals surface area contributed by atoms with E-state index in [0.717, 1.165) is 5.56 Å². The van der Waals surface area contributed by atoms with Gasteiger partial charge in [-0.3, -0.25) is 4.79 Å². The number of nitrogen functional groups attached to an aromatic ring is 1. The summed E-state index contributed by atoms with van der Waals surface area (Å²) in [6.07, 6.45) is 0. The number of carbonyl (C=O) groups is 3. The lowest BCUT2D eigenvalue weighted by atomic mass is 10.1. The molecule has 1 amide bonds. The molecule has 0 bridgehead atoms. The molecule has 0 saturated heterocycles. The zero-order valence-corrected chi connectivity index (χ0v) is 13.9. The molecule has 0 aliphatic heterocycles. The minimum absolute atomic E-state index is 0.0170. The van der Waals surface area contributed by atoms with Crippen LogP contribution in [0.5, 0.6) is 0 Å². The lowest BCUT2D eigenvalue weighted by Crippen LogP contribution is -2.22. The summed E-state index contributed by atoms with van der Waals surface area (Å²) in [6.45, 7) is 2.74. The number of aromatic nitrogens is 1. The first-order valence-corrected chi connectivity index (χ1v) is 7.21. The summed E-state index contributed by atoms with van der Waals surface area (Å²) in [6, 6.07) is 4.71. The van der Waals surface area contributed by atoms with Crippen molar-refractivity contribution in [3.8, 4) is 0 Å². The summed E-state index contributed by atoms with van der Waals surface area (Å²) in [4.78, 5) is 35.4. The van der Waals surface area contributed by atoms with Gasteiger partial charge in [-0.05, 0) is 31.5 Å². The van der Waals surface area contributed by atoms with Gasteiger partial charge in [0.25, 0.3) is 5.91 Å². The molecule has 0 atom stereocenters. The fraction of sp³-hybridized carbons (Fsp3) is 0.250. The van der Waals surface area contributed by atoms with E-state index in [9.17, 15) is 14.4 Å². The number of nitrogens with one attached hydrogen (secondary N) is 1. The quantitative estimate of drug-likeness (QED) is 0.776. The number of nitrogens with zero attached hydrogens (tertiary/aromatic N) is 1. The van der Waals surface area contributed by atoms with Crippen molar-refractivity contribution in [1.29, 1.82) is 0 Å². The van der Waals surface area contributed by atoms with Gasteiger partial charge in [-0.25, -0.2) is 9.59 Å². The second-order valence-corrected chi connectivity index (χ2v) is 5.15. The van der Waals surface area contributed by atoms with E-state index in [-0.39, 0.29) is 22.7 Å². The van der Waals surface area contributed by atoms with E-state index in [4.69, 9.17) is 10.5 Å². The molecule has 0 unspecified atom stereocenters. The van der Waals surface area contributed by atoms with Crippen LogP contribution in [0, 0.1) is 13.8 Å². The van der Waals surface area contributed by atoms with Crippen molar-refractivity contribution in [3.05, 3.63) is 40.6 Å². The van der Waals surface area contributed by atoms with Crippen molar-refractivity contribution in [2.75, 3.05) is 24.8 Å². The normalized spacial score (nSPS) is 10.2. The van der Waals surface area contributed by atoms with E-state index in [1.807, 2.05) is 0 Å². The molecular formula is C16H17N3O6. The number of hydrogen-bond donors (Lipinski definition) is 2. The molecule has 2 rings (SSSR count). The molecule has 25 heavy (non-hydrogen) atoms. The van der Waals surface area contributed by atoms with Crippen molar-refractivity contribution in [2.45, 2.75) is 13.8 Å². The van der Waals surface area contributed by atoms with E-state index in [2.05, 4.69) is 19.7 Å². The number of nitrogens with two attached hydrogens (primary N) is 1. The highest BCUT2D eigenvalue weighted by Crippen LogP contribution is 2.18. The van der Waals surface area contributed by atoms with Crippen LogP contribution < -0.4 is 11.1 Å². The molecule has 9 heteroatoms. The zero-order chi connectivity index (χ0) is 18.6. The van der Waals surface area contributed by atoms with Gasteiger partial charge in [0.05, 0.1) is 18.4 Å². The van der Waals surface area contributed by atoms with Gasteiger partial charge in [0.2, 0.25) is 5.88 Å². The highest BCUT2D eigenvalue weighted by atomic mass is 16.5. The molecule has 9 nitrogen and oxygen atoms in total. The Balaban J connectivity index is 2.01. The smallest absolute Gasteiger partial charge is 0.346 e. The van der Waals surface area contributed by atoms with Crippen LogP contribution >= 0.6 is 0 Å². The molecule has 1 aromatic carbocycles. The van der Waals surface area contributed by atoms with E-state index in [1.165, 1.54) is 20.1 Å². The average Bonchev–Trinajstić information content (AvgIpc) is 2.92. The maximum Gasteiger partial charge on any atom is 0.346 e. The van der Waals surface area contributed by atoms with Crippen molar-refractivity contribution in [1.82, 2.24) is 5.16 Å². The molecule has 0 radical (unpaired) electrons. The zero-order valence-electron chi connectivity index (χ0n) is 13.9. The van der Waals surface area contributed by atoms with Crippen LogP contribution in [0.3, 0.4) is 0 Å². The Morgan fingerprint density at radius 2 is 1.96 bits per heavy atom. The fourth-order valence-electron chi connectivity index (χ4n) is 2.03. The van der Waals surface area contributed by atoms with Crippen LogP contribution in [0.25, 0.3) is 0 Å². The monoisotopic (exact) mass is 347 g/mol. The summed E-state index contributed by atoms with van der Waals surface area (Å²) in [5.41, 5.74) is 7.15. The van der Waals surface area contributed by atoms with Crippen LogP contribution in [0.2, 0.25) is 0 Å². The predicted octanol–water partition coefficient (Wildman–Crippen LogP) is 1.46. The molecule has 0 spiro atoms. The Kier molecular flexibility index (Phi) is 5.38. The minimum Gasteiger partial charge on any atom is -0.465 e. The maximum atomic E-state index is 12.0. The standard InChI is InChI=1S/C16H17N3O6/c1-8-4-5-10(15(21)23-3)6-11(8)18-12(20)7-24-16(22)13-9(2)19-25-14(13)17/h4-6H,7,17H2,1-3H3,(H,18,20). The third kappa shape index (κ3) is 4.14. The van der Waals surface area contributed by atoms with Gasteiger partial charge in [0, 0.05) is 5.69 Å². The number of carbonyl (C=O) groups excluding carboxylic acids is 3. The van der Waals surface area contributed by atoms with E-state index in [0.29, 0.717) is 5.69 Å². The fourth-order valence-corrected chi connectivity index (χ4v) is 2.03. The molecule has 1 aromatic heterocycles. The van der Waals surface area contributed by atoms with Crippen LogP contribution in [-0.4, -0.2) is 36.7 Å². The van der Waals surface area contributed by atoms with Crippen molar-refractivity contribution in [3.63, 3.8) is 0 Å². The number of benzene rings is 1. The Hall–Kier alpha value is -3.36. The van der Waals surface area contributed by atoms with Crippen molar-refractivity contribution >= 4 is 29.4 Å². The number of amides is 1. The Bertz CT molecular complexity index is 808. The van der Waals surface area contributed by atoms with Gasteiger partial charge < -0.3 is 25.0 Å². The highest BCUT2D eigenvalue weighted by Gasteiger charge is 2.21. The first-order valence-electron chi connectivity index (χ1n) is 7.21. The molecule has 0 fully saturated rings. The lowest BCUT2D eigenvalue weighted by molar-refractivity contribution is -0.119. The number of esters is 2. The number of ether oxygens (including phenoxy) is 2. The molecular weight excluding hydrogens is 330 g/mol. The van der Waals surface area contributed by atoms with Crippen LogP contribution in [-0.2, 0) is 14.3 Å². The maximum absolute atomic E-state index is 12.0. The Morgan fingerprint density at radius 1 is 1.24 bits per heavy atom. The highest BCUT2D eigenvalue weighted by molar-refractivity contribution is 5.99. The van der Waals surface area contributed by atoms with Crippen molar-refractivity contribution in [2.24, 2.45) is 0 Å². The minimum atomic E-state index is -0.813. The number of anilines is 2. The SMILES string of the molecule is COC(=O)c1ccc(C)c(NC(=O)COC(=O)c2c(C)noc2N)c1. The third-order valence-corrected chi connectivity index (χ3v) is 3.36. The van der Waals surface area contributed by atoms with Crippen LogP contribution in [0.15, 0.2) is 22.7 Å². The third-order valence-electron chi connectivity index (χ3n) is 3.36. The van der Waals surface area contributed by atoms with Gasteiger partial charge in [-0.15, -0.1) is 0 Å². The van der Waals surface area contributed by atoms with E-state index in [1.54, 1.807) is 19.1 Å². The summed E-state index contributed by atoms with van der Waals surface area (Å²) in [5, 5.41) is 6.10. The van der Waals surface area contributed by atoms with E-state index >= 15 is 0 Å². The number of aryl methyl sites for hydroxylation is 2. The summed E-state index contributed by atoms with van der Waals surface area (Å²) in [5.74, 6) is -2.09. The molecule has 132 valence electrons. The van der Waals surface area contributed by atoms with E-state index < -0.39 is 24.5 Å². The summed E-state index contributed by atoms with van der Waals surface area (Å²) in [7, 11) is 1.26. The van der Waals surface area contributed by atoms with Crippen LogP contribution in [0.4, 0.5) is 11.6 Å². The Morgan fingerprint density at radius 3 is 2.56 bits per heavy atom. The van der Waals surface area contributed by atoms with Gasteiger partial charge in [-0.2, -0.15) is 0 Å². The van der Waals surface area contributed by atoms with Crippen molar-refractivity contribution < 1.29 is 28.4 Å². The molecule has 0 aliphatic carbocycles. The molecule has 0 aliphatic rings. The first kappa shape index (κ1) is 18.0. The Labute approximate surface area is 143 Å². The largest absolute Gasteiger partial charge is 0.465 e. The van der Waals surface area contributed by atoms with Gasteiger partial charge >= 0.3 is 11.9 Å². The molecule has 2 aromatic rings. The topological polar surface area (TPSA) is 134 Å². The molecule has 3 N–H and O–H groups in total. The first-order chi connectivity index (χ1) is 11.8. The number of hydrogen-bond acceptors (Lipinski definition) is 8. The molecule has 0 saturated carbocycles. The van der Waals surface area contributed by atoms with Gasteiger partial charge in [0.15, 0.2) is 6.61 Å². The molecule has 1 heterocycles. The second kappa shape index (κ2) is 7.47. The number of rotatable bonds is 5. The second-order valence-electron chi connectivity index (χ2n) is 5.15. The summed E-state index contributed by atoms with van der Waals surface area (Å²) < 4.78 is 14.2. The lowest BCUT2D eigenvalue weighted by Gasteiger charge is -2.10.